The number of sulfonamides is 1. The molecule has 0 aliphatic rings. The molecule has 0 atom stereocenters. The molecule has 22 heavy (non-hydrogen) atoms. The normalized spacial score (nSPS) is 11.0. The van der Waals surface area contributed by atoms with E-state index in [2.05, 4.69) is 41.6 Å². The molecule has 1 heterocycles. The molecule has 1 aromatic carbocycles. The number of nitrogens with zero attached hydrogens (tertiary/aromatic N) is 2. The summed E-state index contributed by atoms with van der Waals surface area (Å²) in [6.45, 7) is 3.43. The molecule has 8 heteroatoms. The molecule has 114 valence electrons. The van der Waals surface area contributed by atoms with Gasteiger partial charge in [-0.3, -0.25) is 4.72 Å². The van der Waals surface area contributed by atoms with Crippen LogP contribution in [0.4, 0.5) is 5.82 Å². The van der Waals surface area contributed by atoms with Crippen LogP contribution in [0.25, 0.3) is 0 Å². The van der Waals surface area contributed by atoms with Crippen molar-refractivity contribution in [1.29, 1.82) is 5.26 Å². The number of hydrogen-bond donors (Lipinski definition) is 1. The molecular weight excluding hydrogens is 434 g/mol. The zero-order valence-electron chi connectivity index (χ0n) is 11.7. The van der Waals surface area contributed by atoms with E-state index in [1.165, 1.54) is 6.07 Å². The smallest absolute Gasteiger partial charge is 0.262 e. The van der Waals surface area contributed by atoms with Crippen molar-refractivity contribution in [1.82, 2.24) is 4.98 Å². The number of hydrogen-bond acceptors (Lipinski definition) is 4. The van der Waals surface area contributed by atoms with E-state index in [1.807, 2.05) is 6.07 Å². The molecule has 0 aliphatic heterocycles. The minimum Gasteiger partial charge on any atom is -0.262 e. The third-order valence-electron chi connectivity index (χ3n) is 2.94. The summed E-state index contributed by atoms with van der Waals surface area (Å²) in [7, 11) is -3.84. The highest BCUT2D eigenvalue weighted by atomic mass is 79.9. The van der Waals surface area contributed by atoms with E-state index in [1.54, 1.807) is 32.0 Å². The number of halogens is 2. The maximum absolute atomic E-state index is 12.5. The van der Waals surface area contributed by atoms with Crippen molar-refractivity contribution in [2.24, 2.45) is 0 Å². The molecule has 0 saturated carbocycles. The Kier molecular flexibility index (Phi) is 4.90. The molecule has 0 aliphatic carbocycles. The van der Waals surface area contributed by atoms with Crippen molar-refractivity contribution in [3.8, 4) is 6.07 Å². The van der Waals surface area contributed by atoms with Crippen LogP contribution < -0.4 is 4.72 Å². The summed E-state index contributed by atoms with van der Waals surface area (Å²) in [5, 5.41) is 8.93. The Hall–Kier alpha value is -1.43. The standard InChI is InChI=1S/C14H11Br2N3O2S/c1-8-3-4-10(7-17)5-13(8)22(20,21)19-14-12(16)6-11(15)9(2)18-14/h3-6H,1-2H3,(H,18,19). The van der Waals surface area contributed by atoms with Crippen LogP contribution in [0.1, 0.15) is 16.8 Å². The second-order valence-electron chi connectivity index (χ2n) is 4.58. The lowest BCUT2D eigenvalue weighted by atomic mass is 10.2. The number of nitrogens with one attached hydrogen (secondary N) is 1. The Morgan fingerprint density at radius 2 is 1.86 bits per heavy atom. The van der Waals surface area contributed by atoms with E-state index in [-0.39, 0.29) is 16.3 Å². The highest BCUT2D eigenvalue weighted by molar-refractivity contribution is 9.11. The first-order valence-electron chi connectivity index (χ1n) is 6.11. The van der Waals surface area contributed by atoms with Gasteiger partial charge in [0.25, 0.3) is 10.0 Å². The number of pyridine rings is 1. The summed E-state index contributed by atoms with van der Waals surface area (Å²) in [4.78, 5) is 4.26. The average Bonchev–Trinajstić information content (AvgIpc) is 2.45. The minimum absolute atomic E-state index is 0.0563. The van der Waals surface area contributed by atoms with Gasteiger partial charge in [-0.05, 0) is 69.5 Å². The number of aromatic nitrogens is 1. The van der Waals surface area contributed by atoms with Crippen LogP contribution in [0.15, 0.2) is 38.1 Å². The van der Waals surface area contributed by atoms with Gasteiger partial charge in [0.2, 0.25) is 0 Å². The second-order valence-corrected chi connectivity index (χ2v) is 7.94. The lowest BCUT2D eigenvalue weighted by molar-refractivity contribution is 0.600. The summed E-state index contributed by atoms with van der Waals surface area (Å²) < 4.78 is 28.8. The Bertz CT molecular complexity index is 890. The third kappa shape index (κ3) is 3.48. The number of aryl methyl sites for hydroxylation is 2. The lowest BCUT2D eigenvalue weighted by Gasteiger charge is -2.12. The molecule has 0 saturated heterocycles. The lowest BCUT2D eigenvalue weighted by Crippen LogP contribution is -2.16. The topological polar surface area (TPSA) is 82.8 Å². The highest BCUT2D eigenvalue weighted by Gasteiger charge is 2.20. The number of rotatable bonds is 3. The zero-order chi connectivity index (χ0) is 16.5. The molecule has 5 nitrogen and oxygen atoms in total. The fourth-order valence-corrected chi connectivity index (χ4v) is 4.24. The Morgan fingerprint density at radius 3 is 2.50 bits per heavy atom. The highest BCUT2D eigenvalue weighted by Crippen LogP contribution is 2.28. The van der Waals surface area contributed by atoms with Crippen LogP contribution in [-0.2, 0) is 10.0 Å². The van der Waals surface area contributed by atoms with Crippen molar-refractivity contribution in [2.75, 3.05) is 4.72 Å². The van der Waals surface area contributed by atoms with Gasteiger partial charge in [-0.2, -0.15) is 5.26 Å². The molecule has 0 fully saturated rings. The van der Waals surface area contributed by atoms with Gasteiger partial charge in [0, 0.05) is 4.47 Å². The van der Waals surface area contributed by atoms with Crippen molar-refractivity contribution >= 4 is 47.7 Å². The van der Waals surface area contributed by atoms with Crippen LogP contribution in [-0.4, -0.2) is 13.4 Å². The van der Waals surface area contributed by atoms with Crippen molar-refractivity contribution in [3.05, 3.63) is 50.0 Å². The Balaban J connectivity index is 2.49. The van der Waals surface area contributed by atoms with E-state index in [4.69, 9.17) is 5.26 Å². The second kappa shape index (κ2) is 6.36. The maximum atomic E-state index is 12.5. The predicted molar refractivity (Wildman–Crippen MR) is 91.1 cm³/mol. The molecular formula is C14H11Br2N3O2S. The van der Waals surface area contributed by atoms with Gasteiger partial charge in [0.05, 0.1) is 26.7 Å². The summed E-state index contributed by atoms with van der Waals surface area (Å²) in [6, 6.07) is 8.18. The third-order valence-corrected chi connectivity index (χ3v) is 5.83. The van der Waals surface area contributed by atoms with Crippen molar-refractivity contribution < 1.29 is 8.42 Å². The Morgan fingerprint density at radius 1 is 1.18 bits per heavy atom. The molecule has 0 radical (unpaired) electrons. The molecule has 0 bridgehead atoms. The van der Waals surface area contributed by atoms with Gasteiger partial charge >= 0.3 is 0 Å². The van der Waals surface area contributed by atoms with Crippen molar-refractivity contribution in [2.45, 2.75) is 18.7 Å². The summed E-state index contributed by atoms with van der Waals surface area (Å²) in [6.07, 6.45) is 0. The largest absolute Gasteiger partial charge is 0.263 e. The summed E-state index contributed by atoms with van der Waals surface area (Å²) in [5.74, 6) is 0.197. The van der Waals surface area contributed by atoms with Gasteiger partial charge in [-0.25, -0.2) is 13.4 Å². The first kappa shape index (κ1) is 16.9. The van der Waals surface area contributed by atoms with E-state index in [9.17, 15) is 8.42 Å². The van der Waals surface area contributed by atoms with E-state index in [0.29, 0.717) is 15.7 Å². The van der Waals surface area contributed by atoms with Crippen molar-refractivity contribution in [3.63, 3.8) is 0 Å². The molecule has 2 aromatic rings. The molecule has 0 spiro atoms. The Labute approximate surface area is 145 Å². The average molecular weight is 445 g/mol. The first-order chi connectivity index (χ1) is 10.2. The van der Waals surface area contributed by atoms with E-state index < -0.39 is 10.0 Å². The summed E-state index contributed by atoms with van der Waals surface area (Å²) >= 11 is 6.61. The first-order valence-corrected chi connectivity index (χ1v) is 9.17. The van der Waals surface area contributed by atoms with Gasteiger partial charge in [0.1, 0.15) is 0 Å². The van der Waals surface area contributed by atoms with Crippen LogP contribution in [0.5, 0.6) is 0 Å². The van der Waals surface area contributed by atoms with Gasteiger partial charge < -0.3 is 0 Å². The van der Waals surface area contributed by atoms with Gasteiger partial charge in [0.15, 0.2) is 5.82 Å². The fraction of sp³-hybridized carbons (Fsp3) is 0.143. The fourth-order valence-electron chi connectivity index (χ4n) is 1.77. The van der Waals surface area contributed by atoms with Crippen LogP contribution >= 0.6 is 31.9 Å². The molecule has 0 unspecified atom stereocenters. The molecule has 1 aromatic heterocycles. The molecule has 1 N–H and O–H groups in total. The SMILES string of the molecule is Cc1ccc(C#N)cc1S(=O)(=O)Nc1nc(C)c(Br)cc1Br. The van der Waals surface area contributed by atoms with E-state index >= 15 is 0 Å². The van der Waals surface area contributed by atoms with Gasteiger partial charge in [-0.15, -0.1) is 0 Å². The maximum Gasteiger partial charge on any atom is 0.263 e. The van der Waals surface area contributed by atoms with E-state index in [0.717, 1.165) is 4.47 Å². The predicted octanol–water partition coefficient (Wildman–Crippen LogP) is 3.90. The van der Waals surface area contributed by atoms with Crippen LogP contribution in [0, 0.1) is 25.2 Å². The van der Waals surface area contributed by atoms with Crippen LogP contribution in [0.2, 0.25) is 0 Å². The minimum atomic E-state index is -3.84. The quantitative estimate of drug-likeness (QED) is 0.778. The monoisotopic (exact) mass is 443 g/mol. The van der Waals surface area contributed by atoms with Crippen LogP contribution in [0.3, 0.4) is 0 Å². The zero-order valence-corrected chi connectivity index (χ0v) is 15.7. The number of nitriles is 1. The van der Waals surface area contributed by atoms with Gasteiger partial charge in [-0.1, -0.05) is 6.07 Å². The number of benzene rings is 1. The molecule has 0 amide bonds. The number of anilines is 1. The summed E-state index contributed by atoms with van der Waals surface area (Å²) in [5.41, 5.74) is 1.49. The molecule has 2 rings (SSSR count).